The summed E-state index contributed by atoms with van der Waals surface area (Å²) < 4.78 is 0. The van der Waals surface area contributed by atoms with Crippen molar-refractivity contribution in [1.29, 1.82) is 0 Å². The maximum Gasteiger partial charge on any atom is 0.230 e. The van der Waals surface area contributed by atoms with Crippen molar-refractivity contribution < 1.29 is 9.59 Å². The molecule has 1 aromatic carbocycles. The SMILES string of the molecule is C[C@H]1N(C(=O)Cc2csc(-c3ccccc3)n2)CCC[C@@]12CCCN(C)C2=O. The Labute approximate surface area is 170 Å². The summed E-state index contributed by atoms with van der Waals surface area (Å²) in [6.45, 7) is 3.61. The smallest absolute Gasteiger partial charge is 0.230 e. The lowest BCUT2D eigenvalue weighted by Crippen LogP contribution is -2.61. The number of aromatic nitrogens is 1. The van der Waals surface area contributed by atoms with Crippen molar-refractivity contribution in [3.8, 4) is 10.6 Å². The topological polar surface area (TPSA) is 53.5 Å². The summed E-state index contributed by atoms with van der Waals surface area (Å²) in [5.74, 6) is 0.293. The van der Waals surface area contributed by atoms with Gasteiger partial charge in [-0.25, -0.2) is 4.98 Å². The lowest BCUT2D eigenvalue weighted by Gasteiger charge is -2.51. The lowest BCUT2D eigenvalue weighted by atomic mass is 9.68. The zero-order chi connectivity index (χ0) is 19.7. The van der Waals surface area contributed by atoms with E-state index in [9.17, 15) is 9.59 Å². The average molecular weight is 398 g/mol. The van der Waals surface area contributed by atoms with Crippen molar-refractivity contribution >= 4 is 23.2 Å². The van der Waals surface area contributed by atoms with Gasteiger partial charge in [-0.2, -0.15) is 0 Å². The molecule has 2 atom stereocenters. The quantitative estimate of drug-likeness (QED) is 0.795. The molecule has 2 aromatic rings. The van der Waals surface area contributed by atoms with E-state index >= 15 is 0 Å². The van der Waals surface area contributed by atoms with Crippen LogP contribution in [0.25, 0.3) is 10.6 Å². The van der Waals surface area contributed by atoms with E-state index in [-0.39, 0.29) is 17.9 Å². The molecule has 4 rings (SSSR count). The first-order chi connectivity index (χ1) is 13.5. The average Bonchev–Trinajstić information content (AvgIpc) is 3.17. The Hall–Kier alpha value is -2.21. The molecular formula is C22H27N3O2S. The third-order valence-electron chi connectivity index (χ3n) is 6.40. The number of piperidine rings is 2. The number of thiazole rings is 1. The van der Waals surface area contributed by atoms with Gasteiger partial charge in [-0.15, -0.1) is 11.3 Å². The second-order valence-electron chi connectivity index (χ2n) is 8.04. The van der Waals surface area contributed by atoms with Gasteiger partial charge >= 0.3 is 0 Å². The Kier molecular flexibility index (Phi) is 5.23. The number of likely N-dealkylation sites (tertiary alicyclic amines) is 2. The molecule has 3 heterocycles. The molecule has 5 nitrogen and oxygen atoms in total. The molecule has 2 fully saturated rings. The van der Waals surface area contributed by atoms with Crippen LogP contribution in [-0.4, -0.2) is 52.8 Å². The summed E-state index contributed by atoms with van der Waals surface area (Å²) in [7, 11) is 1.89. The fourth-order valence-corrected chi connectivity index (χ4v) is 5.63. The van der Waals surface area contributed by atoms with E-state index in [1.807, 2.05) is 52.6 Å². The highest BCUT2D eigenvalue weighted by molar-refractivity contribution is 7.13. The molecule has 0 saturated carbocycles. The molecule has 148 valence electrons. The van der Waals surface area contributed by atoms with Gasteiger partial charge in [-0.3, -0.25) is 9.59 Å². The Bertz CT molecular complexity index is 862. The second kappa shape index (κ2) is 7.66. The molecule has 0 unspecified atom stereocenters. The van der Waals surface area contributed by atoms with E-state index in [0.29, 0.717) is 6.42 Å². The summed E-state index contributed by atoms with van der Waals surface area (Å²) in [6.07, 6.45) is 3.98. The maximum absolute atomic E-state index is 13.1. The molecule has 28 heavy (non-hydrogen) atoms. The third kappa shape index (κ3) is 3.34. The van der Waals surface area contributed by atoms with Gasteiger partial charge in [0.15, 0.2) is 0 Å². The largest absolute Gasteiger partial charge is 0.345 e. The van der Waals surface area contributed by atoms with Gasteiger partial charge < -0.3 is 9.80 Å². The number of carbonyl (C=O) groups is 2. The highest BCUT2D eigenvalue weighted by atomic mass is 32.1. The van der Waals surface area contributed by atoms with Crippen molar-refractivity contribution in [2.45, 2.75) is 45.1 Å². The van der Waals surface area contributed by atoms with Crippen LogP contribution in [0.15, 0.2) is 35.7 Å². The molecule has 2 amide bonds. The summed E-state index contributed by atoms with van der Waals surface area (Å²) in [5, 5.41) is 2.92. The van der Waals surface area contributed by atoms with E-state index in [4.69, 9.17) is 0 Å². The first-order valence-corrected chi connectivity index (χ1v) is 10.9. The fourth-order valence-electron chi connectivity index (χ4n) is 4.80. The number of rotatable bonds is 3. The van der Waals surface area contributed by atoms with Gasteiger partial charge in [-0.05, 0) is 32.6 Å². The van der Waals surface area contributed by atoms with Gasteiger partial charge in [0, 0.05) is 37.1 Å². The molecule has 2 saturated heterocycles. The minimum Gasteiger partial charge on any atom is -0.345 e. The zero-order valence-corrected chi connectivity index (χ0v) is 17.4. The number of hydrogen-bond donors (Lipinski definition) is 0. The van der Waals surface area contributed by atoms with Crippen molar-refractivity contribution in [1.82, 2.24) is 14.8 Å². The van der Waals surface area contributed by atoms with Crippen LogP contribution in [-0.2, 0) is 16.0 Å². The Morgan fingerprint density at radius 1 is 1.21 bits per heavy atom. The monoisotopic (exact) mass is 397 g/mol. The number of benzene rings is 1. The third-order valence-corrected chi connectivity index (χ3v) is 7.34. The van der Waals surface area contributed by atoms with Crippen LogP contribution >= 0.6 is 11.3 Å². The van der Waals surface area contributed by atoms with Gasteiger partial charge in [0.1, 0.15) is 5.01 Å². The highest BCUT2D eigenvalue weighted by Crippen LogP contribution is 2.44. The number of carbonyl (C=O) groups excluding carboxylic acids is 2. The van der Waals surface area contributed by atoms with Crippen LogP contribution in [0.1, 0.15) is 38.3 Å². The molecule has 2 aliphatic heterocycles. The molecule has 6 heteroatoms. The van der Waals surface area contributed by atoms with Gasteiger partial charge in [0.2, 0.25) is 11.8 Å². The van der Waals surface area contributed by atoms with Gasteiger partial charge in [0.25, 0.3) is 0 Å². The predicted octanol–water partition coefficient (Wildman–Crippen LogP) is 3.60. The first kappa shape index (κ1) is 19.1. The van der Waals surface area contributed by atoms with Crippen LogP contribution in [0.5, 0.6) is 0 Å². The summed E-state index contributed by atoms with van der Waals surface area (Å²) in [5.41, 5.74) is 1.48. The van der Waals surface area contributed by atoms with Crippen molar-refractivity contribution in [2.75, 3.05) is 20.1 Å². The van der Waals surface area contributed by atoms with Crippen LogP contribution < -0.4 is 0 Å². The molecular weight excluding hydrogens is 370 g/mol. The standard InChI is InChI=1S/C22H27N3O2S/c1-16-22(10-6-12-24(2)21(22)27)11-7-13-25(16)19(26)14-18-15-28-20(23-18)17-8-4-3-5-9-17/h3-5,8-9,15-16H,6-7,10-14H2,1-2H3/t16-,22+/m1/s1. The summed E-state index contributed by atoms with van der Waals surface area (Å²) in [4.78, 5) is 34.5. The van der Waals surface area contributed by atoms with Crippen molar-refractivity contribution in [3.63, 3.8) is 0 Å². The van der Waals surface area contributed by atoms with Gasteiger partial charge in [0.05, 0.1) is 17.5 Å². The molecule has 0 radical (unpaired) electrons. The van der Waals surface area contributed by atoms with E-state index in [1.54, 1.807) is 11.3 Å². The summed E-state index contributed by atoms with van der Waals surface area (Å²) in [6, 6.07) is 9.98. The lowest BCUT2D eigenvalue weighted by molar-refractivity contribution is -0.158. The van der Waals surface area contributed by atoms with Crippen LogP contribution in [0.4, 0.5) is 0 Å². The first-order valence-electron chi connectivity index (χ1n) is 10.1. The Morgan fingerprint density at radius 2 is 1.93 bits per heavy atom. The number of hydrogen-bond acceptors (Lipinski definition) is 4. The van der Waals surface area contributed by atoms with E-state index in [1.165, 1.54) is 0 Å². The van der Waals surface area contributed by atoms with E-state index in [2.05, 4.69) is 11.9 Å². The Morgan fingerprint density at radius 3 is 2.68 bits per heavy atom. The molecule has 1 spiro atoms. The van der Waals surface area contributed by atoms with Crippen molar-refractivity contribution in [3.05, 3.63) is 41.4 Å². The second-order valence-corrected chi connectivity index (χ2v) is 8.90. The number of nitrogens with zero attached hydrogens (tertiary/aromatic N) is 3. The molecule has 0 bridgehead atoms. The minimum atomic E-state index is -0.405. The normalized spacial score (nSPS) is 25.4. The molecule has 0 aliphatic carbocycles. The van der Waals surface area contributed by atoms with Gasteiger partial charge in [-0.1, -0.05) is 30.3 Å². The van der Waals surface area contributed by atoms with E-state index in [0.717, 1.165) is 55.0 Å². The van der Waals surface area contributed by atoms with Crippen molar-refractivity contribution in [2.24, 2.45) is 5.41 Å². The fraction of sp³-hybridized carbons (Fsp3) is 0.500. The minimum absolute atomic E-state index is 0.0590. The number of amides is 2. The molecule has 0 N–H and O–H groups in total. The zero-order valence-electron chi connectivity index (χ0n) is 16.6. The van der Waals surface area contributed by atoms with E-state index < -0.39 is 5.41 Å². The Balaban J connectivity index is 1.49. The predicted molar refractivity (Wildman–Crippen MR) is 111 cm³/mol. The molecule has 1 aromatic heterocycles. The molecule has 2 aliphatic rings. The van der Waals surface area contributed by atoms with Crippen LogP contribution in [0.2, 0.25) is 0 Å². The van der Waals surface area contributed by atoms with Crippen LogP contribution in [0, 0.1) is 5.41 Å². The highest BCUT2D eigenvalue weighted by Gasteiger charge is 2.51. The summed E-state index contributed by atoms with van der Waals surface area (Å²) >= 11 is 1.57. The maximum atomic E-state index is 13.1. The van der Waals surface area contributed by atoms with Crippen LogP contribution in [0.3, 0.4) is 0 Å².